The number of nitrogens with zero attached hydrogens (tertiary/aromatic N) is 3. The lowest BCUT2D eigenvalue weighted by Crippen LogP contribution is -2.29. The van der Waals surface area contributed by atoms with Crippen LogP contribution in [0.1, 0.15) is 5.76 Å². The van der Waals surface area contributed by atoms with Crippen LogP contribution in [-0.2, 0) is 11.3 Å². The van der Waals surface area contributed by atoms with Crippen LogP contribution in [0.3, 0.4) is 0 Å². The van der Waals surface area contributed by atoms with Crippen LogP contribution < -0.4 is 10.9 Å². The van der Waals surface area contributed by atoms with Crippen LogP contribution in [0.2, 0.25) is 0 Å². The largest absolute Gasteiger partial charge is 0.360 e. The Kier molecular flexibility index (Phi) is 4.01. The summed E-state index contributed by atoms with van der Waals surface area (Å²) in [6.07, 6.45) is 0. The standard InChI is InChI=1S/C16H14N4O3/c1-11-9-14(19-23-11)17-15(21)10-20-16(22)8-7-13(18-20)12-5-3-2-4-6-12/h2-9H,10H2,1H3,(H,17,19,21). The van der Waals surface area contributed by atoms with Gasteiger partial charge in [0.1, 0.15) is 12.3 Å². The van der Waals surface area contributed by atoms with E-state index in [0.29, 0.717) is 17.3 Å². The molecule has 0 atom stereocenters. The highest BCUT2D eigenvalue weighted by Crippen LogP contribution is 2.14. The van der Waals surface area contributed by atoms with Gasteiger partial charge < -0.3 is 9.84 Å². The van der Waals surface area contributed by atoms with Crippen molar-refractivity contribution in [2.24, 2.45) is 0 Å². The van der Waals surface area contributed by atoms with Gasteiger partial charge in [-0.2, -0.15) is 5.10 Å². The van der Waals surface area contributed by atoms with E-state index in [-0.39, 0.29) is 12.1 Å². The summed E-state index contributed by atoms with van der Waals surface area (Å²) >= 11 is 0. The average Bonchev–Trinajstić information content (AvgIpc) is 2.95. The molecule has 0 saturated heterocycles. The van der Waals surface area contributed by atoms with E-state index in [1.54, 1.807) is 19.1 Å². The summed E-state index contributed by atoms with van der Waals surface area (Å²) in [5, 5.41) is 10.5. The Labute approximate surface area is 131 Å². The Bertz CT molecular complexity index is 884. The lowest BCUT2D eigenvalue weighted by atomic mass is 10.1. The van der Waals surface area contributed by atoms with Gasteiger partial charge in [-0.05, 0) is 13.0 Å². The third-order valence-corrected chi connectivity index (χ3v) is 3.13. The van der Waals surface area contributed by atoms with Crippen LogP contribution in [0.5, 0.6) is 0 Å². The smallest absolute Gasteiger partial charge is 0.267 e. The van der Waals surface area contributed by atoms with Crippen molar-refractivity contribution in [1.29, 1.82) is 0 Å². The van der Waals surface area contributed by atoms with E-state index in [1.165, 1.54) is 6.07 Å². The second-order valence-corrected chi connectivity index (χ2v) is 4.95. The van der Waals surface area contributed by atoms with Gasteiger partial charge in [-0.25, -0.2) is 4.68 Å². The molecule has 1 aromatic carbocycles. The fourth-order valence-electron chi connectivity index (χ4n) is 2.07. The van der Waals surface area contributed by atoms with Crippen LogP contribution in [0.4, 0.5) is 5.82 Å². The first-order chi connectivity index (χ1) is 11.1. The molecule has 0 bridgehead atoms. The van der Waals surface area contributed by atoms with E-state index in [2.05, 4.69) is 15.6 Å². The fraction of sp³-hybridized carbons (Fsp3) is 0.125. The molecule has 0 radical (unpaired) electrons. The molecule has 0 saturated carbocycles. The Hall–Kier alpha value is -3.22. The molecule has 0 aliphatic rings. The molecule has 7 nitrogen and oxygen atoms in total. The number of nitrogens with one attached hydrogen (secondary N) is 1. The lowest BCUT2D eigenvalue weighted by molar-refractivity contribution is -0.117. The maximum Gasteiger partial charge on any atom is 0.267 e. The number of benzene rings is 1. The van der Waals surface area contributed by atoms with Crippen molar-refractivity contribution in [3.63, 3.8) is 0 Å². The predicted octanol–water partition coefficient (Wildman–Crippen LogP) is 1.85. The van der Waals surface area contributed by atoms with Gasteiger partial charge >= 0.3 is 0 Å². The van der Waals surface area contributed by atoms with Gasteiger partial charge in [-0.3, -0.25) is 9.59 Å². The van der Waals surface area contributed by atoms with E-state index in [9.17, 15) is 9.59 Å². The first kappa shape index (κ1) is 14.7. The van der Waals surface area contributed by atoms with Crippen LogP contribution in [0, 0.1) is 6.92 Å². The van der Waals surface area contributed by atoms with Crippen molar-refractivity contribution >= 4 is 11.7 Å². The second kappa shape index (κ2) is 6.27. The maximum atomic E-state index is 12.0. The zero-order valence-corrected chi connectivity index (χ0v) is 12.4. The topological polar surface area (TPSA) is 90.0 Å². The Morgan fingerprint density at radius 3 is 2.70 bits per heavy atom. The van der Waals surface area contributed by atoms with Crippen molar-refractivity contribution in [3.05, 3.63) is 64.6 Å². The zero-order chi connectivity index (χ0) is 16.2. The second-order valence-electron chi connectivity index (χ2n) is 4.95. The number of hydrogen-bond donors (Lipinski definition) is 1. The van der Waals surface area contributed by atoms with Gasteiger partial charge in [-0.15, -0.1) is 0 Å². The number of aryl methyl sites for hydroxylation is 1. The van der Waals surface area contributed by atoms with Crippen molar-refractivity contribution in [2.45, 2.75) is 13.5 Å². The first-order valence-electron chi connectivity index (χ1n) is 6.98. The van der Waals surface area contributed by atoms with E-state index in [0.717, 1.165) is 10.2 Å². The molecule has 0 aliphatic heterocycles. The molecule has 2 aromatic heterocycles. The highest BCUT2D eigenvalue weighted by atomic mass is 16.5. The summed E-state index contributed by atoms with van der Waals surface area (Å²) in [4.78, 5) is 23.9. The molecule has 0 aliphatic carbocycles. The van der Waals surface area contributed by atoms with Gasteiger partial charge in [-0.1, -0.05) is 35.5 Å². The average molecular weight is 310 g/mol. The SMILES string of the molecule is Cc1cc(NC(=O)Cn2nc(-c3ccccc3)ccc2=O)no1. The molecule has 2 heterocycles. The van der Waals surface area contributed by atoms with Gasteiger partial charge in [0.05, 0.1) is 5.69 Å². The van der Waals surface area contributed by atoms with Crippen molar-refractivity contribution < 1.29 is 9.32 Å². The lowest BCUT2D eigenvalue weighted by Gasteiger charge is -2.06. The van der Waals surface area contributed by atoms with Crippen LogP contribution in [0.25, 0.3) is 11.3 Å². The fourth-order valence-corrected chi connectivity index (χ4v) is 2.07. The number of rotatable bonds is 4. The van der Waals surface area contributed by atoms with Gasteiger partial charge in [0.25, 0.3) is 5.56 Å². The van der Waals surface area contributed by atoms with E-state index < -0.39 is 5.91 Å². The van der Waals surface area contributed by atoms with E-state index >= 15 is 0 Å². The Morgan fingerprint density at radius 2 is 2.00 bits per heavy atom. The summed E-state index contributed by atoms with van der Waals surface area (Å²) in [5.41, 5.74) is 1.14. The highest BCUT2D eigenvalue weighted by Gasteiger charge is 2.10. The van der Waals surface area contributed by atoms with Crippen molar-refractivity contribution in [3.8, 4) is 11.3 Å². The molecular weight excluding hydrogens is 296 g/mol. The molecule has 1 N–H and O–H groups in total. The Balaban J connectivity index is 1.79. The summed E-state index contributed by atoms with van der Waals surface area (Å²) < 4.78 is 5.98. The molecule has 0 unspecified atom stereocenters. The molecule has 23 heavy (non-hydrogen) atoms. The van der Waals surface area contributed by atoms with Gasteiger partial charge in [0.15, 0.2) is 5.82 Å². The van der Waals surface area contributed by atoms with Gasteiger partial charge in [0.2, 0.25) is 5.91 Å². The number of amides is 1. The number of carbonyl (C=O) groups excluding carboxylic acids is 1. The van der Waals surface area contributed by atoms with Crippen LogP contribution >= 0.6 is 0 Å². The number of anilines is 1. The predicted molar refractivity (Wildman–Crippen MR) is 83.8 cm³/mol. The quantitative estimate of drug-likeness (QED) is 0.794. The summed E-state index contributed by atoms with van der Waals surface area (Å²) in [7, 11) is 0. The van der Waals surface area contributed by atoms with E-state index in [4.69, 9.17) is 4.52 Å². The third-order valence-electron chi connectivity index (χ3n) is 3.13. The number of hydrogen-bond acceptors (Lipinski definition) is 5. The molecule has 0 fully saturated rings. The molecule has 0 spiro atoms. The number of aromatic nitrogens is 3. The summed E-state index contributed by atoms with van der Waals surface area (Å²) in [6, 6.07) is 14.0. The molecule has 116 valence electrons. The molecule has 3 aromatic rings. The minimum absolute atomic E-state index is 0.203. The van der Waals surface area contributed by atoms with Crippen LogP contribution in [0.15, 0.2) is 57.8 Å². The minimum atomic E-state index is -0.405. The zero-order valence-electron chi connectivity index (χ0n) is 12.4. The first-order valence-corrected chi connectivity index (χ1v) is 6.98. The molecule has 3 rings (SSSR count). The summed E-state index contributed by atoms with van der Waals surface area (Å²) in [6.45, 7) is 1.52. The Morgan fingerprint density at radius 1 is 1.22 bits per heavy atom. The molecule has 7 heteroatoms. The van der Waals surface area contributed by atoms with Crippen LogP contribution in [-0.4, -0.2) is 20.8 Å². The minimum Gasteiger partial charge on any atom is -0.360 e. The number of carbonyl (C=O) groups is 1. The van der Waals surface area contributed by atoms with Gasteiger partial charge in [0, 0.05) is 17.7 Å². The third kappa shape index (κ3) is 3.52. The van der Waals surface area contributed by atoms with E-state index in [1.807, 2.05) is 30.3 Å². The molecule has 1 amide bonds. The van der Waals surface area contributed by atoms with Crippen molar-refractivity contribution in [1.82, 2.24) is 14.9 Å². The highest BCUT2D eigenvalue weighted by molar-refractivity contribution is 5.89. The normalized spacial score (nSPS) is 10.5. The summed E-state index contributed by atoms with van der Waals surface area (Å²) in [5.74, 6) is 0.486. The molecular formula is C16H14N4O3. The maximum absolute atomic E-state index is 12.0. The van der Waals surface area contributed by atoms with Crippen molar-refractivity contribution in [2.75, 3.05) is 5.32 Å². The monoisotopic (exact) mass is 310 g/mol.